The second-order valence-corrected chi connectivity index (χ2v) is 7.66. The molecule has 0 spiro atoms. The van der Waals surface area contributed by atoms with Crippen molar-refractivity contribution in [2.75, 3.05) is 7.11 Å². The zero-order chi connectivity index (χ0) is 25.2. The van der Waals surface area contributed by atoms with Crippen LogP contribution in [0.3, 0.4) is 0 Å². The molecule has 0 aliphatic rings. The van der Waals surface area contributed by atoms with E-state index in [0.29, 0.717) is 40.5 Å². The molecule has 0 radical (unpaired) electrons. The number of carbonyl (C=O) groups is 2. The van der Waals surface area contributed by atoms with E-state index in [0.717, 1.165) is 5.56 Å². The molecule has 0 heterocycles. The molecule has 0 aromatic heterocycles. The quantitative estimate of drug-likeness (QED) is 0.153. The topological polar surface area (TPSA) is 86.2 Å². The van der Waals surface area contributed by atoms with Crippen LogP contribution < -0.4 is 19.6 Å². The van der Waals surface area contributed by atoms with Gasteiger partial charge in [-0.2, -0.15) is 5.10 Å². The number of esters is 1. The summed E-state index contributed by atoms with van der Waals surface area (Å²) in [5.74, 6) is 0.564. The Labute approximate surface area is 209 Å². The fourth-order valence-corrected chi connectivity index (χ4v) is 3.29. The summed E-state index contributed by atoms with van der Waals surface area (Å²) in [5.41, 5.74) is 4.92. The van der Waals surface area contributed by atoms with Crippen molar-refractivity contribution < 1.29 is 23.8 Å². The Kier molecular flexibility index (Phi) is 8.07. The summed E-state index contributed by atoms with van der Waals surface area (Å²) in [6.07, 6.45) is 1.47. The summed E-state index contributed by atoms with van der Waals surface area (Å²) >= 11 is 0. The number of nitrogens with one attached hydrogen (secondary N) is 1. The maximum absolute atomic E-state index is 12.7. The molecule has 1 amide bonds. The molecule has 0 aliphatic heterocycles. The van der Waals surface area contributed by atoms with Crippen molar-refractivity contribution in [3.63, 3.8) is 0 Å². The third-order valence-corrected chi connectivity index (χ3v) is 5.14. The number of hydrazone groups is 1. The van der Waals surface area contributed by atoms with Crippen molar-refractivity contribution in [3.05, 3.63) is 125 Å². The van der Waals surface area contributed by atoms with Gasteiger partial charge in [0.15, 0.2) is 0 Å². The minimum atomic E-state index is -0.493. The molecule has 4 rings (SSSR count). The molecule has 0 saturated carbocycles. The molecule has 4 aromatic rings. The molecule has 7 nitrogen and oxygen atoms in total. The smallest absolute Gasteiger partial charge is 0.343 e. The van der Waals surface area contributed by atoms with E-state index in [1.165, 1.54) is 6.21 Å². The number of methoxy groups -OCH3 is 1. The number of rotatable bonds is 9. The van der Waals surface area contributed by atoms with Gasteiger partial charge in [0.25, 0.3) is 5.91 Å². The van der Waals surface area contributed by atoms with Gasteiger partial charge >= 0.3 is 5.97 Å². The van der Waals surface area contributed by atoms with Crippen LogP contribution in [0.5, 0.6) is 17.2 Å². The Balaban J connectivity index is 1.36. The van der Waals surface area contributed by atoms with Gasteiger partial charge in [-0.15, -0.1) is 0 Å². The first-order chi connectivity index (χ1) is 17.6. The van der Waals surface area contributed by atoms with E-state index in [2.05, 4.69) is 10.5 Å². The molecular formula is C29H24N2O5. The molecule has 0 atom stereocenters. The van der Waals surface area contributed by atoms with Crippen LogP contribution in [0.1, 0.15) is 31.8 Å². The number of carbonyl (C=O) groups excluding carboxylic acids is 2. The molecule has 1 N–H and O–H groups in total. The lowest BCUT2D eigenvalue weighted by molar-refractivity contribution is 0.0734. The van der Waals surface area contributed by atoms with Crippen molar-refractivity contribution in [2.24, 2.45) is 5.10 Å². The minimum absolute atomic E-state index is 0.344. The van der Waals surface area contributed by atoms with E-state index in [1.54, 1.807) is 79.9 Å². The number of ether oxygens (including phenoxy) is 3. The molecule has 0 unspecified atom stereocenters. The van der Waals surface area contributed by atoms with Gasteiger partial charge in [0.1, 0.15) is 23.9 Å². The highest BCUT2D eigenvalue weighted by molar-refractivity contribution is 5.97. The van der Waals surface area contributed by atoms with Gasteiger partial charge in [0.2, 0.25) is 0 Å². The van der Waals surface area contributed by atoms with Crippen LogP contribution in [0.25, 0.3) is 0 Å². The molecule has 0 fully saturated rings. The second-order valence-electron chi connectivity index (χ2n) is 7.66. The lowest BCUT2D eigenvalue weighted by atomic mass is 10.2. The van der Waals surface area contributed by atoms with Gasteiger partial charge in [-0.1, -0.05) is 54.6 Å². The number of hydrogen-bond donors (Lipinski definition) is 1. The molecule has 180 valence electrons. The third-order valence-electron chi connectivity index (χ3n) is 5.14. The fraction of sp³-hybridized carbons (Fsp3) is 0.0690. The van der Waals surface area contributed by atoms with Crippen LogP contribution >= 0.6 is 0 Å². The van der Waals surface area contributed by atoms with Gasteiger partial charge in [-0.3, -0.25) is 4.79 Å². The first-order valence-corrected chi connectivity index (χ1v) is 11.2. The maximum Gasteiger partial charge on any atom is 0.343 e. The van der Waals surface area contributed by atoms with Crippen molar-refractivity contribution in [1.82, 2.24) is 5.43 Å². The summed E-state index contributed by atoms with van der Waals surface area (Å²) < 4.78 is 16.4. The van der Waals surface area contributed by atoms with Gasteiger partial charge in [-0.05, 0) is 59.7 Å². The van der Waals surface area contributed by atoms with E-state index in [1.807, 2.05) is 30.3 Å². The Bertz CT molecular complexity index is 1350. The zero-order valence-corrected chi connectivity index (χ0v) is 19.6. The van der Waals surface area contributed by atoms with Gasteiger partial charge in [0.05, 0.1) is 24.5 Å². The average molecular weight is 481 g/mol. The van der Waals surface area contributed by atoms with Crippen LogP contribution in [0.4, 0.5) is 0 Å². The van der Waals surface area contributed by atoms with E-state index in [-0.39, 0.29) is 0 Å². The number of amides is 1. The van der Waals surface area contributed by atoms with Gasteiger partial charge < -0.3 is 14.2 Å². The number of para-hydroxylation sites is 1. The summed E-state index contributed by atoms with van der Waals surface area (Å²) in [6, 6.07) is 30.1. The van der Waals surface area contributed by atoms with Gasteiger partial charge in [0, 0.05) is 0 Å². The summed E-state index contributed by atoms with van der Waals surface area (Å²) in [6.45, 7) is 0.344. The Morgan fingerprint density at radius 1 is 0.833 bits per heavy atom. The Hall–Kier alpha value is -4.91. The van der Waals surface area contributed by atoms with Crippen LogP contribution in [-0.2, 0) is 6.61 Å². The first kappa shape index (κ1) is 24.2. The predicted molar refractivity (Wildman–Crippen MR) is 137 cm³/mol. The molecule has 0 bridgehead atoms. The number of hydrogen-bond acceptors (Lipinski definition) is 6. The van der Waals surface area contributed by atoms with Crippen LogP contribution in [0.2, 0.25) is 0 Å². The monoisotopic (exact) mass is 480 g/mol. The van der Waals surface area contributed by atoms with Crippen molar-refractivity contribution in [3.8, 4) is 17.2 Å². The second kappa shape index (κ2) is 12.0. The molecule has 0 aliphatic carbocycles. The van der Waals surface area contributed by atoms with E-state index in [9.17, 15) is 9.59 Å². The molecule has 36 heavy (non-hydrogen) atoms. The highest BCUT2D eigenvalue weighted by Gasteiger charge is 2.12. The molecule has 7 heteroatoms. The lowest BCUT2D eigenvalue weighted by Crippen LogP contribution is -2.18. The van der Waals surface area contributed by atoms with E-state index in [4.69, 9.17) is 14.2 Å². The Morgan fingerprint density at radius 3 is 2.36 bits per heavy atom. The highest BCUT2D eigenvalue weighted by atomic mass is 16.5. The summed E-state index contributed by atoms with van der Waals surface area (Å²) in [5, 5.41) is 4.04. The van der Waals surface area contributed by atoms with Crippen LogP contribution in [-0.4, -0.2) is 25.2 Å². The third kappa shape index (κ3) is 6.57. The van der Waals surface area contributed by atoms with Crippen molar-refractivity contribution in [2.45, 2.75) is 6.61 Å². The van der Waals surface area contributed by atoms with E-state index < -0.39 is 11.9 Å². The number of nitrogens with zero attached hydrogens (tertiary/aromatic N) is 1. The fourth-order valence-electron chi connectivity index (χ4n) is 3.29. The lowest BCUT2D eigenvalue weighted by Gasteiger charge is -2.10. The predicted octanol–water partition coefficient (Wildman–Crippen LogP) is 5.26. The zero-order valence-electron chi connectivity index (χ0n) is 19.6. The van der Waals surface area contributed by atoms with Crippen molar-refractivity contribution >= 4 is 18.1 Å². The van der Waals surface area contributed by atoms with Gasteiger partial charge in [-0.25, -0.2) is 10.2 Å². The SMILES string of the molecule is COc1ccc(C(=O)Oc2cccc(/C=N\NC(=O)c3ccccc3OCc3ccccc3)c2)cc1. The number of benzene rings is 4. The van der Waals surface area contributed by atoms with E-state index >= 15 is 0 Å². The normalized spacial score (nSPS) is 10.6. The maximum atomic E-state index is 12.7. The Morgan fingerprint density at radius 2 is 1.58 bits per heavy atom. The summed E-state index contributed by atoms with van der Waals surface area (Å²) in [4.78, 5) is 25.1. The average Bonchev–Trinajstić information content (AvgIpc) is 2.93. The molecule has 4 aromatic carbocycles. The van der Waals surface area contributed by atoms with Crippen LogP contribution in [0, 0.1) is 0 Å². The van der Waals surface area contributed by atoms with Crippen LogP contribution in [0.15, 0.2) is 108 Å². The minimum Gasteiger partial charge on any atom is -0.497 e. The van der Waals surface area contributed by atoms with Crippen molar-refractivity contribution in [1.29, 1.82) is 0 Å². The largest absolute Gasteiger partial charge is 0.497 e. The first-order valence-electron chi connectivity index (χ1n) is 11.2. The highest BCUT2D eigenvalue weighted by Crippen LogP contribution is 2.20. The summed E-state index contributed by atoms with van der Waals surface area (Å²) in [7, 11) is 1.56. The molecule has 0 saturated heterocycles. The standard InChI is InChI=1S/C29H24N2O5/c1-34-24-16-14-23(15-17-24)29(33)36-25-11-7-10-22(18-25)19-30-31-28(32)26-12-5-6-13-27(26)35-20-21-8-3-2-4-9-21/h2-19H,20H2,1H3,(H,31,32)/b30-19-. The molecular weight excluding hydrogens is 456 g/mol.